The van der Waals surface area contributed by atoms with E-state index < -0.39 is 0 Å². The summed E-state index contributed by atoms with van der Waals surface area (Å²) in [6, 6.07) is 19.0. The zero-order chi connectivity index (χ0) is 14.2. The summed E-state index contributed by atoms with van der Waals surface area (Å²) in [5.41, 5.74) is 4.42. The molecule has 0 aliphatic carbocycles. The number of aryl methyl sites for hydroxylation is 1. The Balaban J connectivity index is 1.90. The van der Waals surface area contributed by atoms with E-state index in [0.717, 1.165) is 22.2 Å². The normalized spacial score (nSPS) is 11.1. The molecule has 0 amide bonds. The molecule has 0 fully saturated rings. The summed E-state index contributed by atoms with van der Waals surface area (Å²) in [6.45, 7) is 2.09. The van der Waals surface area contributed by atoms with Gasteiger partial charge in [-0.3, -0.25) is 4.98 Å². The fourth-order valence-electron chi connectivity index (χ4n) is 2.63. The van der Waals surface area contributed by atoms with Gasteiger partial charge in [0.15, 0.2) is 0 Å². The second-order valence-electron chi connectivity index (χ2n) is 5.33. The topological polar surface area (TPSA) is 25.8 Å². The SMILES string of the molecule is Cc1ccc2ccc(-c3ccc4cnccc4c3)nc2c1. The average molecular weight is 270 g/mol. The van der Waals surface area contributed by atoms with Gasteiger partial charge in [0.05, 0.1) is 11.2 Å². The molecule has 0 radical (unpaired) electrons. The molecule has 2 heterocycles. The third kappa shape index (κ3) is 2.15. The first-order valence-electron chi connectivity index (χ1n) is 7.01. The van der Waals surface area contributed by atoms with Crippen LogP contribution in [-0.2, 0) is 0 Å². The van der Waals surface area contributed by atoms with Crippen molar-refractivity contribution in [1.82, 2.24) is 9.97 Å². The van der Waals surface area contributed by atoms with Crippen molar-refractivity contribution in [3.05, 3.63) is 72.6 Å². The third-order valence-electron chi connectivity index (χ3n) is 3.78. The van der Waals surface area contributed by atoms with Crippen LogP contribution in [0, 0.1) is 6.92 Å². The van der Waals surface area contributed by atoms with Crippen LogP contribution < -0.4 is 0 Å². The average Bonchev–Trinajstić information content (AvgIpc) is 2.53. The summed E-state index contributed by atoms with van der Waals surface area (Å²) in [7, 11) is 0. The predicted molar refractivity (Wildman–Crippen MR) is 87.2 cm³/mol. The van der Waals surface area contributed by atoms with Crippen LogP contribution in [0.25, 0.3) is 32.9 Å². The van der Waals surface area contributed by atoms with Gasteiger partial charge in [0.1, 0.15) is 0 Å². The summed E-state index contributed by atoms with van der Waals surface area (Å²) in [4.78, 5) is 8.95. The molecule has 0 N–H and O–H groups in total. The molecule has 2 aromatic carbocycles. The molecular formula is C19H14N2. The lowest BCUT2D eigenvalue weighted by Crippen LogP contribution is -1.86. The predicted octanol–water partition coefficient (Wildman–Crippen LogP) is 4.76. The van der Waals surface area contributed by atoms with Crippen LogP contribution >= 0.6 is 0 Å². The summed E-state index contributed by atoms with van der Waals surface area (Å²) in [5, 5.41) is 3.51. The van der Waals surface area contributed by atoms with Crippen molar-refractivity contribution in [2.75, 3.05) is 0 Å². The van der Waals surface area contributed by atoms with Gasteiger partial charge in [-0.2, -0.15) is 0 Å². The number of nitrogens with zero attached hydrogens (tertiary/aromatic N) is 2. The largest absolute Gasteiger partial charge is 0.264 e. The molecule has 4 aromatic rings. The number of aromatic nitrogens is 2. The molecule has 0 aliphatic heterocycles. The minimum Gasteiger partial charge on any atom is -0.264 e. The van der Waals surface area contributed by atoms with Gasteiger partial charge in [-0.05, 0) is 42.1 Å². The molecule has 2 heteroatoms. The Morgan fingerprint density at radius 3 is 2.57 bits per heavy atom. The molecule has 2 aromatic heterocycles. The number of pyridine rings is 2. The lowest BCUT2D eigenvalue weighted by molar-refractivity contribution is 1.36. The van der Waals surface area contributed by atoms with Crippen LogP contribution in [-0.4, -0.2) is 9.97 Å². The summed E-state index contributed by atoms with van der Waals surface area (Å²) < 4.78 is 0. The highest BCUT2D eigenvalue weighted by atomic mass is 14.7. The van der Waals surface area contributed by atoms with Crippen LogP contribution in [0.2, 0.25) is 0 Å². The highest BCUT2D eigenvalue weighted by Crippen LogP contribution is 2.25. The van der Waals surface area contributed by atoms with Crippen LogP contribution in [0.15, 0.2) is 67.0 Å². The highest BCUT2D eigenvalue weighted by Gasteiger charge is 2.03. The van der Waals surface area contributed by atoms with Gasteiger partial charge < -0.3 is 0 Å². The fourth-order valence-corrected chi connectivity index (χ4v) is 2.63. The van der Waals surface area contributed by atoms with Crippen molar-refractivity contribution in [2.24, 2.45) is 0 Å². The maximum Gasteiger partial charge on any atom is 0.0712 e. The van der Waals surface area contributed by atoms with Crippen LogP contribution in [0.5, 0.6) is 0 Å². The fraction of sp³-hybridized carbons (Fsp3) is 0.0526. The Labute approximate surface area is 123 Å². The minimum absolute atomic E-state index is 1.01. The van der Waals surface area contributed by atoms with E-state index in [1.165, 1.54) is 16.3 Å². The quantitative estimate of drug-likeness (QED) is 0.498. The van der Waals surface area contributed by atoms with Gasteiger partial charge in [0.25, 0.3) is 0 Å². The Hall–Kier alpha value is -2.74. The third-order valence-corrected chi connectivity index (χ3v) is 3.78. The van der Waals surface area contributed by atoms with Gasteiger partial charge >= 0.3 is 0 Å². The molecule has 0 spiro atoms. The van der Waals surface area contributed by atoms with Crippen molar-refractivity contribution in [1.29, 1.82) is 0 Å². The molecule has 0 atom stereocenters. The molecule has 4 rings (SSSR count). The van der Waals surface area contributed by atoms with Crippen LogP contribution in [0.1, 0.15) is 5.56 Å². The van der Waals surface area contributed by atoms with Gasteiger partial charge in [-0.1, -0.05) is 30.3 Å². The number of rotatable bonds is 1. The summed E-state index contributed by atoms with van der Waals surface area (Å²) in [6.07, 6.45) is 3.71. The van der Waals surface area contributed by atoms with E-state index in [1.54, 1.807) is 0 Å². The lowest BCUT2D eigenvalue weighted by Gasteiger charge is -2.05. The molecule has 0 bridgehead atoms. The first kappa shape index (κ1) is 12.0. The smallest absolute Gasteiger partial charge is 0.0712 e. The Morgan fingerprint density at radius 1 is 0.762 bits per heavy atom. The van der Waals surface area contributed by atoms with E-state index in [2.05, 4.69) is 60.4 Å². The van der Waals surface area contributed by atoms with Crippen molar-refractivity contribution < 1.29 is 0 Å². The van der Waals surface area contributed by atoms with E-state index >= 15 is 0 Å². The molecule has 100 valence electrons. The molecule has 21 heavy (non-hydrogen) atoms. The first-order valence-corrected chi connectivity index (χ1v) is 7.01. The van der Waals surface area contributed by atoms with E-state index in [0.29, 0.717) is 0 Å². The molecule has 0 saturated carbocycles. The maximum absolute atomic E-state index is 4.80. The van der Waals surface area contributed by atoms with Gasteiger partial charge in [-0.15, -0.1) is 0 Å². The highest BCUT2D eigenvalue weighted by molar-refractivity contribution is 5.87. The molecule has 2 nitrogen and oxygen atoms in total. The van der Waals surface area contributed by atoms with E-state index in [9.17, 15) is 0 Å². The minimum atomic E-state index is 1.01. The molecule has 0 saturated heterocycles. The maximum atomic E-state index is 4.80. The van der Waals surface area contributed by atoms with E-state index in [-0.39, 0.29) is 0 Å². The lowest BCUT2D eigenvalue weighted by atomic mass is 10.0. The van der Waals surface area contributed by atoms with E-state index in [1.807, 2.05) is 18.5 Å². The van der Waals surface area contributed by atoms with Gasteiger partial charge in [0, 0.05) is 28.7 Å². The zero-order valence-corrected chi connectivity index (χ0v) is 11.7. The van der Waals surface area contributed by atoms with Crippen molar-refractivity contribution in [3.63, 3.8) is 0 Å². The van der Waals surface area contributed by atoms with Crippen molar-refractivity contribution >= 4 is 21.7 Å². The number of benzene rings is 2. The Kier molecular flexibility index (Phi) is 2.68. The van der Waals surface area contributed by atoms with Gasteiger partial charge in [0.2, 0.25) is 0 Å². The molecule has 0 unspecified atom stereocenters. The van der Waals surface area contributed by atoms with Crippen LogP contribution in [0.3, 0.4) is 0 Å². The molecular weight excluding hydrogens is 256 g/mol. The number of hydrogen-bond donors (Lipinski definition) is 0. The van der Waals surface area contributed by atoms with E-state index in [4.69, 9.17) is 4.98 Å². The van der Waals surface area contributed by atoms with Crippen molar-refractivity contribution in [3.8, 4) is 11.3 Å². The van der Waals surface area contributed by atoms with Gasteiger partial charge in [-0.25, -0.2) is 4.98 Å². The Morgan fingerprint density at radius 2 is 1.62 bits per heavy atom. The summed E-state index contributed by atoms with van der Waals surface area (Å²) in [5.74, 6) is 0. The second-order valence-corrected chi connectivity index (χ2v) is 5.33. The second kappa shape index (κ2) is 4.67. The zero-order valence-electron chi connectivity index (χ0n) is 11.7. The number of fused-ring (bicyclic) bond motifs is 2. The first-order chi connectivity index (χ1) is 10.3. The molecule has 0 aliphatic rings. The monoisotopic (exact) mass is 270 g/mol. The Bertz CT molecular complexity index is 958. The van der Waals surface area contributed by atoms with Crippen LogP contribution in [0.4, 0.5) is 0 Å². The van der Waals surface area contributed by atoms with Crippen molar-refractivity contribution in [2.45, 2.75) is 6.92 Å². The standard InChI is InChI=1S/C19H14N2/c1-13-2-3-14-6-7-18(21-19(14)10-13)16-4-5-17-12-20-9-8-15(17)11-16/h2-12H,1H3. The number of hydrogen-bond acceptors (Lipinski definition) is 2. The summed E-state index contributed by atoms with van der Waals surface area (Å²) >= 11 is 0.